The minimum atomic E-state index is -0.108. The average Bonchev–Trinajstić information content (AvgIpc) is 2.88. The van der Waals surface area contributed by atoms with E-state index in [1.807, 2.05) is 31.2 Å². The molecule has 1 N–H and O–H groups in total. The van der Waals surface area contributed by atoms with Gasteiger partial charge in [-0.15, -0.1) is 11.3 Å². The van der Waals surface area contributed by atoms with Crippen LogP contribution < -0.4 is 4.74 Å². The van der Waals surface area contributed by atoms with E-state index >= 15 is 0 Å². The molecule has 0 saturated heterocycles. The summed E-state index contributed by atoms with van der Waals surface area (Å²) >= 11 is 7.61. The lowest BCUT2D eigenvalue weighted by Gasteiger charge is -2.09. The molecule has 2 aromatic heterocycles. The summed E-state index contributed by atoms with van der Waals surface area (Å²) < 4.78 is 6.46. The first-order valence-electron chi connectivity index (χ1n) is 6.51. The number of hydrogen-bond acceptors (Lipinski definition) is 5. The van der Waals surface area contributed by atoms with E-state index in [-0.39, 0.29) is 6.61 Å². The molecule has 108 valence electrons. The minimum Gasteiger partial charge on any atom is -0.493 e. The highest BCUT2D eigenvalue weighted by Gasteiger charge is 2.19. The normalized spacial score (nSPS) is 11.0. The quantitative estimate of drug-likeness (QED) is 0.741. The highest BCUT2D eigenvalue weighted by Crippen LogP contribution is 2.43. The molecule has 3 rings (SSSR count). The lowest BCUT2D eigenvalue weighted by molar-refractivity contribution is 0.284. The van der Waals surface area contributed by atoms with Crippen LogP contribution in [-0.4, -0.2) is 21.7 Å². The molecule has 2 heterocycles. The zero-order chi connectivity index (χ0) is 14.8. The molecular weight excluding hydrogens is 308 g/mol. The SMILES string of the molecule is CCOc1ccccc1-c1sc2c(Cl)ncnc2c1CO. The van der Waals surface area contributed by atoms with Crippen molar-refractivity contribution in [2.24, 2.45) is 0 Å². The van der Waals surface area contributed by atoms with Gasteiger partial charge in [0.25, 0.3) is 0 Å². The summed E-state index contributed by atoms with van der Waals surface area (Å²) in [6.45, 7) is 2.41. The Hall–Kier alpha value is -1.69. The largest absolute Gasteiger partial charge is 0.493 e. The van der Waals surface area contributed by atoms with E-state index in [1.54, 1.807) is 0 Å². The fourth-order valence-electron chi connectivity index (χ4n) is 2.23. The molecule has 21 heavy (non-hydrogen) atoms. The minimum absolute atomic E-state index is 0.108. The summed E-state index contributed by atoms with van der Waals surface area (Å²) in [5.41, 5.74) is 2.39. The van der Waals surface area contributed by atoms with Gasteiger partial charge in [0.2, 0.25) is 0 Å². The van der Waals surface area contributed by atoms with Crippen LogP contribution in [0.15, 0.2) is 30.6 Å². The number of para-hydroxylation sites is 1. The predicted molar refractivity (Wildman–Crippen MR) is 85.0 cm³/mol. The lowest BCUT2D eigenvalue weighted by Crippen LogP contribution is -1.94. The van der Waals surface area contributed by atoms with E-state index in [4.69, 9.17) is 16.3 Å². The molecule has 0 aliphatic rings. The fourth-order valence-corrected chi connectivity index (χ4v) is 3.65. The van der Waals surface area contributed by atoms with Crippen molar-refractivity contribution in [3.63, 3.8) is 0 Å². The van der Waals surface area contributed by atoms with Crippen LogP contribution in [0, 0.1) is 0 Å². The van der Waals surface area contributed by atoms with Gasteiger partial charge in [-0.05, 0) is 19.1 Å². The van der Waals surface area contributed by atoms with E-state index in [0.29, 0.717) is 17.3 Å². The Bertz CT molecular complexity index is 788. The second-order valence-corrected chi connectivity index (χ2v) is 5.72. The fraction of sp³-hybridized carbons (Fsp3) is 0.200. The van der Waals surface area contributed by atoms with Crippen LogP contribution in [0.5, 0.6) is 5.75 Å². The maximum Gasteiger partial charge on any atom is 0.150 e. The second-order valence-electron chi connectivity index (χ2n) is 4.34. The van der Waals surface area contributed by atoms with Crippen molar-refractivity contribution in [3.05, 3.63) is 41.3 Å². The van der Waals surface area contributed by atoms with Crippen molar-refractivity contribution in [2.45, 2.75) is 13.5 Å². The van der Waals surface area contributed by atoms with Gasteiger partial charge in [0.15, 0.2) is 0 Å². The third-order valence-corrected chi connectivity index (χ3v) is 4.77. The maximum atomic E-state index is 9.74. The second kappa shape index (κ2) is 5.97. The number of nitrogens with zero attached hydrogens (tertiary/aromatic N) is 2. The number of aliphatic hydroxyl groups excluding tert-OH is 1. The first-order chi connectivity index (χ1) is 10.3. The van der Waals surface area contributed by atoms with E-state index in [2.05, 4.69) is 9.97 Å². The van der Waals surface area contributed by atoms with Crippen LogP contribution in [0.25, 0.3) is 20.7 Å². The third-order valence-electron chi connectivity index (χ3n) is 3.11. The summed E-state index contributed by atoms with van der Waals surface area (Å²) in [7, 11) is 0. The van der Waals surface area contributed by atoms with E-state index in [0.717, 1.165) is 26.5 Å². The van der Waals surface area contributed by atoms with E-state index in [1.165, 1.54) is 17.7 Å². The van der Waals surface area contributed by atoms with Crippen LogP contribution in [0.1, 0.15) is 12.5 Å². The number of hydrogen-bond donors (Lipinski definition) is 1. The molecule has 1 aromatic carbocycles. The Kier molecular flexibility index (Phi) is 4.05. The summed E-state index contributed by atoms with van der Waals surface area (Å²) in [5.74, 6) is 0.783. The Morgan fingerprint density at radius 1 is 1.29 bits per heavy atom. The van der Waals surface area contributed by atoms with Gasteiger partial charge >= 0.3 is 0 Å². The monoisotopic (exact) mass is 320 g/mol. The molecule has 4 nitrogen and oxygen atoms in total. The Morgan fingerprint density at radius 2 is 2.10 bits per heavy atom. The van der Waals surface area contributed by atoms with Crippen LogP contribution >= 0.6 is 22.9 Å². The zero-order valence-corrected chi connectivity index (χ0v) is 12.9. The molecule has 0 fully saturated rings. The Morgan fingerprint density at radius 3 is 2.86 bits per heavy atom. The highest BCUT2D eigenvalue weighted by molar-refractivity contribution is 7.23. The average molecular weight is 321 g/mol. The number of rotatable bonds is 4. The molecule has 0 aliphatic heterocycles. The number of ether oxygens (including phenoxy) is 1. The molecule has 3 aromatic rings. The van der Waals surface area contributed by atoms with Crippen molar-refractivity contribution in [3.8, 4) is 16.2 Å². The number of thiophene rings is 1. The molecule has 0 bridgehead atoms. The smallest absolute Gasteiger partial charge is 0.150 e. The Labute approximate surface area is 131 Å². The van der Waals surface area contributed by atoms with Gasteiger partial charge in [0.1, 0.15) is 17.2 Å². The Balaban J connectivity index is 2.28. The first kappa shape index (κ1) is 14.3. The maximum absolute atomic E-state index is 9.74. The number of benzene rings is 1. The highest BCUT2D eigenvalue weighted by atomic mass is 35.5. The van der Waals surface area contributed by atoms with Gasteiger partial charge in [0, 0.05) is 16.0 Å². The van der Waals surface area contributed by atoms with Crippen molar-refractivity contribution in [1.29, 1.82) is 0 Å². The predicted octanol–water partition coefficient (Wildman–Crippen LogP) is 3.90. The standard InChI is InChI=1S/C15H13ClN2O2S/c1-2-20-11-6-4-3-5-9(11)13-10(7-19)12-14(21-13)15(16)18-8-17-12/h3-6,8,19H,2,7H2,1H3. The number of aromatic nitrogens is 2. The van der Waals surface area contributed by atoms with E-state index < -0.39 is 0 Å². The summed E-state index contributed by atoms with van der Waals surface area (Å²) in [4.78, 5) is 9.16. The van der Waals surface area contributed by atoms with Gasteiger partial charge in [-0.2, -0.15) is 0 Å². The van der Waals surface area contributed by atoms with Crippen molar-refractivity contribution < 1.29 is 9.84 Å². The van der Waals surface area contributed by atoms with E-state index in [9.17, 15) is 5.11 Å². The van der Waals surface area contributed by atoms with Gasteiger partial charge in [-0.1, -0.05) is 23.7 Å². The first-order valence-corrected chi connectivity index (χ1v) is 7.70. The molecule has 0 amide bonds. The topological polar surface area (TPSA) is 55.2 Å². The van der Waals surface area contributed by atoms with Gasteiger partial charge in [-0.3, -0.25) is 0 Å². The van der Waals surface area contributed by atoms with Gasteiger partial charge < -0.3 is 9.84 Å². The molecule has 0 aliphatic carbocycles. The van der Waals surface area contributed by atoms with Crippen molar-refractivity contribution in [2.75, 3.05) is 6.61 Å². The zero-order valence-electron chi connectivity index (χ0n) is 11.3. The van der Waals surface area contributed by atoms with Crippen LogP contribution in [0.3, 0.4) is 0 Å². The van der Waals surface area contributed by atoms with Gasteiger partial charge in [-0.25, -0.2) is 9.97 Å². The van der Waals surface area contributed by atoms with Crippen LogP contribution in [-0.2, 0) is 6.61 Å². The van der Waals surface area contributed by atoms with Crippen molar-refractivity contribution >= 4 is 33.2 Å². The molecule has 0 spiro atoms. The van der Waals surface area contributed by atoms with Crippen LogP contribution in [0.4, 0.5) is 0 Å². The molecule has 0 unspecified atom stereocenters. The number of halogens is 1. The molecule has 6 heteroatoms. The molecule has 0 saturated carbocycles. The lowest BCUT2D eigenvalue weighted by atomic mass is 10.1. The molecular formula is C15H13ClN2O2S. The molecule has 0 radical (unpaired) electrons. The summed E-state index contributed by atoms with van der Waals surface area (Å²) in [6, 6.07) is 7.75. The summed E-state index contributed by atoms with van der Waals surface area (Å²) in [6.07, 6.45) is 1.41. The third kappa shape index (κ3) is 2.48. The number of aliphatic hydroxyl groups is 1. The number of fused-ring (bicyclic) bond motifs is 1. The summed E-state index contributed by atoms with van der Waals surface area (Å²) in [5, 5.41) is 10.1. The van der Waals surface area contributed by atoms with Gasteiger partial charge in [0.05, 0.1) is 23.4 Å². The van der Waals surface area contributed by atoms with Crippen LogP contribution in [0.2, 0.25) is 5.15 Å². The van der Waals surface area contributed by atoms with Crippen molar-refractivity contribution in [1.82, 2.24) is 9.97 Å². The molecule has 0 atom stereocenters.